The summed E-state index contributed by atoms with van der Waals surface area (Å²) in [7, 11) is 0. The van der Waals surface area contributed by atoms with Crippen LogP contribution in [0.2, 0.25) is 0 Å². The number of benzene rings is 1. The van der Waals surface area contributed by atoms with E-state index in [-0.39, 0.29) is 11.2 Å². The average Bonchev–Trinajstić information content (AvgIpc) is 3.25. The zero-order chi connectivity index (χ0) is 18.1. The molecule has 0 saturated heterocycles. The number of nitrogens with zero attached hydrogens (tertiary/aromatic N) is 4. The van der Waals surface area contributed by atoms with Crippen molar-refractivity contribution in [2.75, 3.05) is 5.32 Å². The largest absolute Gasteiger partial charge is 0.341 e. The quantitative estimate of drug-likeness (QED) is 0.401. The summed E-state index contributed by atoms with van der Waals surface area (Å²) >= 11 is 2.88. The maximum absolute atomic E-state index is 12.7. The Balaban J connectivity index is 1.54. The number of rotatable bonds is 5. The highest BCUT2D eigenvalue weighted by Gasteiger charge is 2.22. The topological polar surface area (TPSA) is 96.5 Å². The maximum atomic E-state index is 12.7. The van der Waals surface area contributed by atoms with E-state index in [2.05, 4.69) is 30.2 Å². The van der Waals surface area contributed by atoms with Gasteiger partial charge in [0.15, 0.2) is 10.8 Å². The number of carbonyl (C=O) groups is 1. The molecule has 132 valence electrons. The summed E-state index contributed by atoms with van der Waals surface area (Å²) in [4.78, 5) is 32.8. The Morgan fingerprint density at radius 3 is 3.08 bits per heavy atom. The first-order valence-corrected chi connectivity index (χ1v) is 9.82. The maximum Gasteiger partial charge on any atom is 0.239 e. The third kappa shape index (κ3) is 3.27. The summed E-state index contributed by atoms with van der Waals surface area (Å²) in [5.41, 5.74) is 3.40. The fourth-order valence-corrected chi connectivity index (χ4v) is 4.39. The lowest BCUT2D eigenvalue weighted by molar-refractivity contribution is -0.115. The lowest BCUT2D eigenvalue weighted by Gasteiger charge is -2.13. The van der Waals surface area contributed by atoms with E-state index < -0.39 is 0 Å². The minimum absolute atomic E-state index is 0.0837. The molecule has 0 aliphatic carbocycles. The smallest absolute Gasteiger partial charge is 0.239 e. The van der Waals surface area contributed by atoms with Crippen LogP contribution in [0.5, 0.6) is 0 Å². The molecule has 0 aliphatic heterocycles. The predicted molar refractivity (Wildman–Crippen MR) is 105 cm³/mol. The molecular weight excluding hydrogens is 368 g/mol. The molecule has 3 heterocycles. The molecule has 4 rings (SSSR count). The Hall–Kier alpha value is -2.52. The fraction of sp³-hybridized carbons (Fsp3) is 0.235. The molecule has 1 atom stereocenters. The van der Waals surface area contributed by atoms with Gasteiger partial charge in [0.2, 0.25) is 5.91 Å². The van der Waals surface area contributed by atoms with Crippen molar-refractivity contribution in [2.45, 2.75) is 30.5 Å². The Morgan fingerprint density at radius 2 is 2.23 bits per heavy atom. The predicted octanol–water partition coefficient (Wildman–Crippen LogP) is 3.78. The molecule has 7 nitrogen and oxygen atoms in total. The van der Waals surface area contributed by atoms with Crippen molar-refractivity contribution in [1.82, 2.24) is 24.9 Å². The zero-order valence-corrected chi connectivity index (χ0v) is 15.8. The molecule has 1 aromatic carbocycles. The van der Waals surface area contributed by atoms with Gasteiger partial charge in [-0.1, -0.05) is 36.1 Å². The van der Waals surface area contributed by atoms with E-state index in [1.165, 1.54) is 29.4 Å². The number of aryl methyl sites for hydroxylation is 1. The molecule has 0 aliphatic rings. The summed E-state index contributed by atoms with van der Waals surface area (Å²) in [6.07, 6.45) is 3.71. The van der Waals surface area contributed by atoms with Crippen molar-refractivity contribution in [3.05, 3.63) is 36.4 Å². The monoisotopic (exact) mass is 384 g/mol. The number of fused-ring (bicyclic) bond motifs is 2. The third-order valence-electron chi connectivity index (χ3n) is 3.88. The van der Waals surface area contributed by atoms with Gasteiger partial charge in [-0.2, -0.15) is 0 Å². The fourth-order valence-electron chi connectivity index (χ4n) is 2.57. The number of carbonyl (C=O) groups excluding carboxylic acids is 1. The molecule has 3 aromatic heterocycles. The van der Waals surface area contributed by atoms with Crippen LogP contribution in [0, 0.1) is 6.92 Å². The van der Waals surface area contributed by atoms with Crippen LogP contribution in [-0.4, -0.2) is 36.1 Å². The molecule has 0 fully saturated rings. The number of imidazole rings is 1. The zero-order valence-electron chi connectivity index (χ0n) is 14.2. The van der Waals surface area contributed by atoms with Gasteiger partial charge in [-0.05, 0) is 31.0 Å². The van der Waals surface area contributed by atoms with Gasteiger partial charge in [-0.25, -0.2) is 19.9 Å². The first-order valence-electron chi connectivity index (χ1n) is 8.13. The Morgan fingerprint density at radius 1 is 1.35 bits per heavy atom. The van der Waals surface area contributed by atoms with Crippen LogP contribution in [0.1, 0.15) is 18.9 Å². The van der Waals surface area contributed by atoms with E-state index in [0.29, 0.717) is 17.2 Å². The normalized spacial score (nSPS) is 12.5. The molecular formula is C17H16N6OS2. The summed E-state index contributed by atoms with van der Waals surface area (Å²) < 4.78 is 1.06. The van der Waals surface area contributed by atoms with E-state index >= 15 is 0 Å². The molecule has 1 amide bonds. The lowest BCUT2D eigenvalue weighted by Crippen LogP contribution is -2.24. The van der Waals surface area contributed by atoms with E-state index in [1.807, 2.05) is 32.0 Å². The van der Waals surface area contributed by atoms with Crippen LogP contribution in [0.3, 0.4) is 0 Å². The van der Waals surface area contributed by atoms with Gasteiger partial charge < -0.3 is 10.3 Å². The van der Waals surface area contributed by atoms with Gasteiger partial charge >= 0.3 is 0 Å². The molecule has 4 aromatic rings. The standard InChI is InChI=1S/C17H16N6OS2/c1-3-11(25-16-13-14(19-7-18-13)20-8-21-16)15(24)23-17-22-10-6-9(2)4-5-12(10)26-17/h4-8,11H,3H2,1-2H3,(H,22,23,24)(H,18,19,20,21)/t11-/m1/s1. The van der Waals surface area contributed by atoms with Crippen LogP contribution >= 0.6 is 23.1 Å². The number of aromatic nitrogens is 5. The molecule has 0 bridgehead atoms. The number of thiazole rings is 1. The van der Waals surface area contributed by atoms with Gasteiger partial charge in [0.1, 0.15) is 16.9 Å². The summed E-state index contributed by atoms with van der Waals surface area (Å²) in [5.74, 6) is -0.0837. The average molecular weight is 384 g/mol. The number of thioether (sulfide) groups is 1. The molecule has 0 spiro atoms. The molecule has 0 unspecified atom stereocenters. The number of aromatic amines is 1. The summed E-state index contributed by atoms with van der Waals surface area (Å²) in [6.45, 7) is 4.00. The van der Waals surface area contributed by atoms with Crippen molar-refractivity contribution in [2.24, 2.45) is 0 Å². The van der Waals surface area contributed by atoms with Crippen LogP contribution in [0.25, 0.3) is 21.4 Å². The third-order valence-corrected chi connectivity index (χ3v) is 6.20. The van der Waals surface area contributed by atoms with Gasteiger partial charge in [0, 0.05) is 0 Å². The highest BCUT2D eigenvalue weighted by molar-refractivity contribution is 8.00. The van der Waals surface area contributed by atoms with Gasteiger partial charge in [0.25, 0.3) is 0 Å². The van der Waals surface area contributed by atoms with Gasteiger partial charge in [-0.15, -0.1) is 0 Å². The summed E-state index contributed by atoms with van der Waals surface area (Å²) in [6, 6.07) is 6.09. The molecule has 9 heteroatoms. The Bertz CT molecular complexity index is 1090. The van der Waals surface area contributed by atoms with Crippen LogP contribution in [0.4, 0.5) is 5.13 Å². The second-order valence-corrected chi connectivity index (χ2v) is 8.00. The minimum Gasteiger partial charge on any atom is -0.341 e. The van der Waals surface area contributed by atoms with E-state index in [9.17, 15) is 4.79 Å². The van der Waals surface area contributed by atoms with Gasteiger partial charge in [-0.3, -0.25) is 4.79 Å². The molecule has 0 radical (unpaired) electrons. The van der Waals surface area contributed by atoms with Crippen molar-refractivity contribution >= 4 is 55.5 Å². The minimum atomic E-state index is -0.287. The number of hydrogen-bond acceptors (Lipinski definition) is 7. The highest BCUT2D eigenvalue weighted by atomic mass is 32.2. The van der Waals surface area contributed by atoms with E-state index in [0.717, 1.165) is 26.3 Å². The SMILES string of the molecule is CC[C@@H](Sc1ncnc2nc[nH]c12)C(=O)Nc1nc2cc(C)ccc2s1. The Labute approximate surface area is 157 Å². The Kier molecular flexibility index (Phi) is 4.56. The number of amides is 1. The lowest BCUT2D eigenvalue weighted by atomic mass is 10.2. The summed E-state index contributed by atoms with van der Waals surface area (Å²) in [5, 5.41) is 3.99. The second-order valence-electron chi connectivity index (χ2n) is 5.77. The first-order chi connectivity index (χ1) is 12.6. The molecule has 0 saturated carbocycles. The number of H-pyrrole nitrogens is 1. The van der Waals surface area contributed by atoms with Crippen LogP contribution in [0.15, 0.2) is 35.9 Å². The molecule has 26 heavy (non-hydrogen) atoms. The molecule has 2 N–H and O–H groups in total. The van der Waals surface area contributed by atoms with Crippen molar-refractivity contribution in [1.29, 1.82) is 0 Å². The highest BCUT2D eigenvalue weighted by Crippen LogP contribution is 2.30. The van der Waals surface area contributed by atoms with E-state index in [4.69, 9.17) is 0 Å². The van der Waals surface area contributed by atoms with Crippen LogP contribution in [-0.2, 0) is 4.79 Å². The van der Waals surface area contributed by atoms with Crippen molar-refractivity contribution in [3.63, 3.8) is 0 Å². The van der Waals surface area contributed by atoms with Crippen LogP contribution < -0.4 is 5.32 Å². The number of anilines is 1. The van der Waals surface area contributed by atoms with Crippen molar-refractivity contribution < 1.29 is 4.79 Å². The second kappa shape index (κ2) is 7.00. The van der Waals surface area contributed by atoms with Crippen molar-refractivity contribution in [3.8, 4) is 0 Å². The van der Waals surface area contributed by atoms with Gasteiger partial charge in [0.05, 0.1) is 21.8 Å². The number of nitrogens with one attached hydrogen (secondary N) is 2. The van der Waals surface area contributed by atoms with E-state index in [1.54, 1.807) is 6.33 Å². The number of hydrogen-bond donors (Lipinski definition) is 2. The first kappa shape index (κ1) is 16.9.